The van der Waals surface area contributed by atoms with Gasteiger partial charge in [0.25, 0.3) is 0 Å². The van der Waals surface area contributed by atoms with E-state index in [0.717, 1.165) is 18.1 Å². The Kier molecular flexibility index (Phi) is 4.22. The van der Waals surface area contributed by atoms with Crippen LogP contribution in [0.4, 0.5) is 5.82 Å². The average molecular weight is 223 g/mol. The molecule has 0 radical (unpaired) electrons. The molecule has 1 aromatic rings. The van der Waals surface area contributed by atoms with Crippen LogP contribution in [0.15, 0.2) is 12.4 Å². The lowest BCUT2D eigenvalue weighted by Gasteiger charge is -2.24. The van der Waals surface area contributed by atoms with E-state index in [-0.39, 0.29) is 0 Å². The van der Waals surface area contributed by atoms with Crippen LogP contribution in [0.2, 0.25) is 0 Å². The summed E-state index contributed by atoms with van der Waals surface area (Å²) in [5.74, 6) is -0.445. The fourth-order valence-corrected chi connectivity index (χ4v) is 1.48. The fourth-order valence-electron chi connectivity index (χ4n) is 1.48. The highest BCUT2D eigenvalue weighted by Gasteiger charge is 2.17. The topological polar surface area (TPSA) is 66.3 Å². The van der Waals surface area contributed by atoms with E-state index in [2.05, 4.69) is 9.97 Å². The van der Waals surface area contributed by atoms with Crippen molar-refractivity contribution in [2.24, 2.45) is 5.92 Å². The number of carboxylic acids is 1. The molecule has 0 saturated heterocycles. The smallest absolute Gasteiger partial charge is 0.308 e. The number of hydrogen-bond donors (Lipinski definition) is 1. The fraction of sp³-hybridized carbons (Fsp3) is 0.545. The second kappa shape index (κ2) is 5.44. The van der Waals surface area contributed by atoms with Gasteiger partial charge in [-0.3, -0.25) is 9.78 Å². The molecule has 88 valence electrons. The zero-order valence-corrected chi connectivity index (χ0v) is 9.84. The Morgan fingerprint density at radius 1 is 1.50 bits per heavy atom. The minimum Gasteiger partial charge on any atom is -0.481 e. The van der Waals surface area contributed by atoms with E-state index >= 15 is 0 Å². The number of anilines is 1. The minimum absolute atomic E-state index is 0.415. The molecule has 0 bridgehead atoms. The number of carbonyl (C=O) groups is 1. The molecule has 5 heteroatoms. The third kappa shape index (κ3) is 2.92. The highest BCUT2D eigenvalue weighted by Crippen LogP contribution is 2.15. The molecule has 0 spiro atoms. The number of aromatic nitrogens is 2. The Morgan fingerprint density at radius 3 is 2.62 bits per heavy atom. The first-order chi connectivity index (χ1) is 7.56. The molecule has 1 rings (SSSR count). The average Bonchev–Trinajstić information content (AvgIpc) is 2.26. The van der Waals surface area contributed by atoms with E-state index < -0.39 is 11.9 Å². The summed E-state index contributed by atoms with van der Waals surface area (Å²) in [6, 6.07) is 0. The van der Waals surface area contributed by atoms with E-state index in [1.807, 2.05) is 18.7 Å². The van der Waals surface area contributed by atoms with Gasteiger partial charge in [0.2, 0.25) is 0 Å². The van der Waals surface area contributed by atoms with Gasteiger partial charge in [-0.1, -0.05) is 6.92 Å². The molecule has 5 nitrogen and oxygen atoms in total. The number of aryl methyl sites for hydroxylation is 1. The number of hydrogen-bond acceptors (Lipinski definition) is 4. The van der Waals surface area contributed by atoms with Crippen molar-refractivity contribution in [3.63, 3.8) is 0 Å². The molecule has 16 heavy (non-hydrogen) atoms. The number of carboxylic acid groups (broad SMARTS) is 1. The van der Waals surface area contributed by atoms with Crippen LogP contribution in [0, 0.1) is 12.8 Å². The van der Waals surface area contributed by atoms with Crippen LogP contribution in [0.1, 0.15) is 19.5 Å². The van der Waals surface area contributed by atoms with Gasteiger partial charge in [0.1, 0.15) is 5.82 Å². The van der Waals surface area contributed by atoms with Gasteiger partial charge in [0.15, 0.2) is 0 Å². The molecule has 0 aromatic carbocycles. The van der Waals surface area contributed by atoms with Crippen LogP contribution in [0.5, 0.6) is 0 Å². The van der Waals surface area contributed by atoms with Gasteiger partial charge in [0, 0.05) is 25.5 Å². The summed E-state index contributed by atoms with van der Waals surface area (Å²) >= 11 is 0. The van der Waals surface area contributed by atoms with Crippen molar-refractivity contribution >= 4 is 11.8 Å². The van der Waals surface area contributed by atoms with Gasteiger partial charge in [-0.25, -0.2) is 4.98 Å². The molecule has 0 fully saturated rings. The Morgan fingerprint density at radius 2 is 2.12 bits per heavy atom. The zero-order valence-electron chi connectivity index (χ0n) is 9.84. The highest BCUT2D eigenvalue weighted by atomic mass is 16.4. The Hall–Kier alpha value is -1.65. The van der Waals surface area contributed by atoms with Crippen LogP contribution in [0.25, 0.3) is 0 Å². The second-order valence-electron chi connectivity index (χ2n) is 3.74. The van der Waals surface area contributed by atoms with Gasteiger partial charge in [-0.05, 0) is 13.8 Å². The molecule has 1 N–H and O–H groups in total. The van der Waals surface area contributed by atoms with E-state index in [1.165, 1.54) is 0 Å². The normalized spacial score (nSPS) is 12.2. The largest absolute Gasteiger partial charge is 0.481 e. The number of rotatable bonds is 5. The molecule has 0 amide bonds. The molecule has 0 saturated carbocycles. The molecule has 0 aliphatic heterocycles. The molecule has 0 aliphatic carbocycles. The summed E-state index contributed by atoms with van der Waals surface area (Å²) < 4.78 is 0. The number of aliphatic carboxylic acids is 1. The minimum atomic E-state index is -0.792. The molecule has 1 unspecified atom stereocenters. The molecule has 1 heterocycles. The molecule has 0 aliphatic rings. The maximum atomic E-state index is 10.8. The number of nitrogens with zero attached hydrogens (tertiary/aromatic N) is 3. The van der Waals surface area contributed by atoms with E-state index in [1.54, 1.807) is 19.3 Å². The molecule has 1 aromatic heterocycles. The Bertz CT molecular complexity index is 368. The zero-order chi connectivity index (χ0) is 12.1. The first-order valence-electron chi connectivity index (χ1n) is 5.31. The van der Waals surface area contributed by atoms with Crippen molar-refractivity contribution in [3.05, 3.63) is 18.1 Å². The van der Waals surface area contributed by atoms with Crippen LogP contribution < -0.4 is 4.90 Å². The molecule has 1 atom stereocenters. The van der Waals surface area contributed by atoms with Gasteiger partial charge in [-0.2, -0.15) is 0 Å². The van der Waals surface area contributed by atoms with Crippen LogP contribution in [-0.4, -0.2) is 34.1 Å². The predicted octanol–water partition coefficient (Wildman–Crippen LogP) is 1.33. The molecular formula is C11H17N3O2. The Labute approximate surface area is 95.1 Å². The van der Waals surface area contributed by atoms with Gasteiger partial charge < -0.3 is 10.0 Å². The molecular weight excluding hydrogens is 206 g/mol. The van der Waals surface area contributed by atoms with Crippen LogP contribution in [0.3, 0.4) is 0 Å². The van der Waals surface area contributed by atoms with E-state index in [4.69, 9.17) is 5.11 Å². The lowest BCUT2D eigenvalue weighted by atomic mass is 10.1. The summed E-state index contributed by atoms with van der Waals surface area (Å²) in [6.45, 7) is 6.71. The van der Waals surface area contributed by atoms with Crippen LogP contribution in [-0.2, 0) is 4.79 Å². The van der Waals surface area contributed by atoms with E-state index in [0.29, 0.717) is 6.54 Å². The van der Waals surface area contributed by atoms with Crippen molar-refractivity contribution in [2.75, 3.05) is 18.0 Å². The van der Waals surface area contributed by atoms with Crippen LogP contribution >= 0.6 is 0 Å². The van der Waals surface area contributed by atoms with Crippen molar-refractivity contribution < 1.29 is 9.90 Å². The third-order valence-corrected chi connectivity index (χ3v) is 2.45. The van der Waals surface area contributed by atoms with Crippen molar-refractivity contribution in [3.8, 4) is 0 Å². The van der Waals surface area contributed by atoms with Crippen molar-refractivity contribution in [2.45, 2.75) is 20.8 Å². The van der Waals surface area contributed by atoms with Gasteiger partial charge in [-0.15, -0.1) is 0 Å². The first kappa shape index (κ1) is 12.4. The van der Waals surface area contributed by atoms with Gasteiger partial charge in [0.05, 0.1) is 11.6 Å². The summed E-state index contributed by atoms with van der Waals surface area (Å²) in [5.41, 5.74) is 0.821. The van der Waals surface area contributed by atoms with E-state index in [9.17, 15) is 4.79 Å². The summed E-state index contributed by atoms with van der Waals surface area (Å²) in [4.78, 5) is 21.1. The lowest BCUT2D eigenvalue weighted by Crippen LogP contribution is -2.32. The summed E-state index contributed by atoms with van der Waals surface area (Å²) in [7, 11) is 0. The highest BCUT2D eigenvalue weighted by molar-refractivity contribution is 5.70. The summed E-state index contributed by atoms with van der Waals surface area (Å²) in [6.07, 6.45) is 3.25. The third-order valence-electron chi connectivity index (χ3n) is 2.45. The Balaban J connectivity index is 2.83. The summed E-state index contributed by atoms with van der Waals surface area (Å²) in [5, 5.41) is 8.88. The lowest BCUT2D eigenvalue weighted by molar-refractivity contribution is -0.140. The predicted molar refractivity (Wildman–Crippen MR) is 61.5 cm³/mol. The second-order valence-corrected chi connectivity index (χ2v) is 3.74. The van der Waals surface area contributed by atoms with Gasteiger partial charge >= 0.3 is 5.97 Å². The standard InChI is InChI=1S/C11H17N3O2/c1-4-14(7-8(2)11(15)16)10-9(3)12-5-6-13-10/h5-6,8H,4,7H2,1-3H3,(H,15,16). The monoisotopic (exact) mass is 223 g/mol. The van der Waals surface area contributed by atoms with Crippen molar-refractivity contribution in [1.82, 2.24) is 9.97 Å². The maximum Gasteiger partial charge on any atom is 0.308 e. The SMILES string of the molecule is CCN(CC(C)C(=O)O)c1nccnc1C. The first-order valence-corrected chi connectivity index (χ1v) is 5.31. The van der Waals surface area contributed by atoms with Crippen molar-refractivity contribution in [1.29, 1.82) is 0 Å². The maximum absolute atomic E-state index is 10.8. The quantitative estimate of drug-likeness (QED) is 0.815.